The molecule has 1 aromatic rings. The maximum Gasteiger partial charge on any atom is 0.0468 e. The summed E-state index contributed by atoms with van der Waals surface area (Å²) in [6.45, 7) is 5.51. The van der Waals surface area contributed by atoms with Crippen molar-refractivity contribution in [2.45, 2.75) is 26.3 Å². The minimum absolute atomic E-state index is 0.260. The number of hydrogen-bond acceptors (Lipinski definition) is 2. The van der Waals surface area contributed by atoms with Crippen LogP contribution >= 0.6 is 0 Å². The molecule has 0 spiro atoms. The van der Waals surface area contributed by atoms with Gasteiger partial charge in [-0.15, -0.1) is 0 Å². The second-order valence-electron chi connectivity index (χ2n) is 5.05. The van der Waals surface area contributed by atoms with E-state index in [1.807, 2.05) is 0 Å². The van der Waals surface area contributed by atoms with Gasteiger partial charge in [-0.05, 0) is 29.4 Å². The average Bonchev–Trinajstić information content (AvgIpc) is 2.62. The maximum absolute atomic E-state index is 9.03. The number of aliphatic hydroxyl groups excluding tert-OH is 1. The standard InChI is InChI=1S/C14H21NO/c1-10(9-16)8-15-14-11(2)7-12-5-3-4-6-13(12)14/h3-6,10-11,14-16H,7-9H2,1-2H3. The predicted molar refractivity (Wildman–Crippen MR) is 66.3 cm³/mol. The first kappa shape index (κ1) is 11.6. The molecule has 1 aromatic carbocycles. The van der Waals surface area contributed by atoms with Gasteiger partial charge in [0.1, 0.15) is 0 Å². The van der Waals surface area contributed by atoms with Crippen LogP contribution in [-0.4, -0.2) is 18.3 Å². The van der Waals surface area contributed by atoms with E-state index in [0.717, 1.165) is 6.54 Å². The van der Waals surface area contributed by atoms with E-state index in [0.29, 0.717) is 17.9 Å². The SMILES string of the molecule is CC(CO)CNC1c2ccccc2CC1C. The van der Waals surface area contributed by atoms with Crippen LogP contribution < -0.4 is 5.32 Å². The van der Waals surface area contributed by atoms with Crippen LogP contribution in [0.2, 0.25) is 0 Å². The number of hydrogen-bond donors (Lipinski definition) is 2. The smallest absolute Gasteiger partial charge is 0.0468 e. The van der Waals surface area contributed by atoms with Gasteiger partial charge in [0.05, 0.1) is 0 Å². The fraction of sp³-hybridized carbons (Fsp3) is 0.571. The molecule has 2 heteroatoms. The molecule has 2 rings (SSSR count). The molecule has 0 saturated heterocycles. The molecular weight excluding hydrogens is 198 g/mol. The van der Waals surface area contributed by atoms with Crippen LogP contribution in [0, 0.1) is 11.8 Å². The van der Waals surface area contributed by atoms with Crippen molar-refractivity contribution >= 4 is 0 Å². The molecule has 2 nitrogen and oxygen atoms in total. The van der Waals surface area contributed by atoms with Gasteiger partial charge in [-0.2, -0.15) is 0 Å². The second-order valence-corrected chi connectivity index (χ2v) is 5.05. The highest BCUT2D eigenvalue weighted by molar-refractivity contribution is 5.35. The number of rotatable bonds is 4. The molecule has 1 aliphatic rings. The van der Waals surface area contributed by atoms with Crippen LogP contribution in [0.25, 0.3) is 0 Å². The first-order chi connectivity index (χ1) is 7.72. The van der Waals surface area contributed by atoms with Gasteiger partial charge in [-0.25, -0.2) is 0 Å². The molecule has 3 unspecified atom stereocenters. The summed E-state index contributed by atoms with van der Waals surface area (Å²) in [5.74, 6) is 0.989. The summed E-state index contributed by atoms with van der Waals surface area (Å²) in [5.41, 5.74) is 2.92. The molecule has 0 bridgehead atoms. The largest absolute Gasteiger partial charge is 0.396 e. The number of fused-ring (bicyclic) bond motifs is 1. The van der Waals surface area contributed by atoms with Crippen molar-refractivity contribution in [2.24, 2.45) is 11.8 Å². The van der Waals surface area contributed by atoms with E-state index in [9.17, 15) is 0 Å². The Hall–Kier alpha value is -0.860. The minimum Gasteiger partial charge on any atom is -0.396 e. The molecule has 0 radical (unpaired) electrons. The van der Waals surface area contributed by atoms with Gasteiger partial charge in [0.15, 0.2) is 0 Å². The Labute approximate surface area is 97.7 Å². The van der Waals surface area contributed by atoms with Gasteiger partial charge in [0.25, 0.3) is 0 Å². The molecule has 16 heavy (non-hydrogen) atoms. The van der Waals surface area contributed by atoms with E-state index in [1.165, 1.54) is 17.5 Å². The van der Waals surface area contributed by atoms with Crippen LogP contribution in [0.3, 0.4) is 0 Å². The Bertz CT molecular complexity index is 350. The zero-order valence-corrected chi connectivity index (χ0v) is 10.1. The van der Waals surface area contributed by atoms with E-state index in [1.54, 1.807) is 0 Å². The Morgan fingerprint density at radius 1 is 1.44 bits per heavy atom. The van der Waals surface area contributed by atoms with Gasteiger partial charge >= 0.3 is 0 Å². The zero-order chi connectivity index (χ0) is 11.5. The Morgan fingerprint density at radius 3 is 2.94 bits per heavy atom. The summed E-state index contributed by atoms with van der Waals surface area (Å²) < 4.78 is 0. The van der Waals surface area contributed by atoms with Crippen molar-refractivity contribution in [3.05, 3.63) is 35.4 Å². The Morgan fingerprint density at radius 2 is 2.19 bits per heavy atom. The normalized spacial score (nSPS) is 25.4. The lowest BCUT2D eigenvalue weighted by Gasteiger charge is -2.20. The van der Waals surface area contributed by atoms with Crippen molar-refractivity contribution in [2.75, 3.05) is 13.2 Å². The topological polar surface area (TPSA) is 32.3 Å². The first-order valence-corrected chi connectivity index (χ1v) is 6.14. The summed E-state index contributed by atoms with van der Waals surface area (Å²) >= 11 is 0. The van der Waals surface area contributed by atoms with Crippen LogP contribution in [0.1, 0.15) is 31.0 Å². The van der Waals surface area contributed by atoms with Gasteiger partial charge in [-0.3, -0.25) is 0 Å². The molecule has 0 heterocycles. The summed E-state index contributed by atoms with van der Waals surface area (Å²) in [4.78, 5) is 0. The molecule has 0 saturated carbocycles. The number of aliphatic hydroxyl groups is 1. The summed E-state index contributed by atoms with van der Waals surface area (Å²) in [6, 6.07) is 9.14. The third-order valence-corrected chi connectivity index (χ3v) is 3.50. The van der Waals surface area contributed by atoms with Gasteiger partial charge in [-0.1, -0.05) is 38.1 Å². The molecule has 0 aliphatic heterocycles. The third-order valence-electron chi connectivity index (χ3n) is 3.50. The second kappa shape index (κ2) is 4.98. The van der Waals surface area contributed by atoms with Crippen LogP contribution in [0.15, 0.2) is 24.3 Å². The zero-order valence-electron chi connectivity index (χ0n) is 10.1. The lowest BCUT2D eigenvalue weighted by molar-refractivity contribution is 0.226. The van der Waals surface area contributed by atoms with Crippen molar-refractivity contribution in [3.63, 3.8) is 0 Å². The fourth-order valence-corrected chi connectivity index (χ4v) is 2.50. The van der Waals surface area contributed by atoms with E-state index in [2.05, 4.69) is 43.4 Å². The van der Waals surface area contributed by atoms with Crippen LogP contribution in [0.5, 0.6) is 0 Å². The van der Waals surface area contributed by atoms with Crippen LogP contribution in [-0.2, 0) is 6.42 Å². The summed E-state index contributed by atoms with van der Waals surface area (Å²) in [6.07, 6.45) is 1.17. The van der Waals surface area contributed by atoms with E-state index in [4.69, 9.17) is 5.11 Å². The molecular formula is C14H21NO. The fourth-order valence-electron chi connectivity index (χ4n) is 2.50. The molecule has 0 amide bonds. The highest BCUT2D eigenvalue weighted by Crippen LogP contribution is 2.35. The molecule has 88 valence electrons. The van der Waals surface area contributed by atoms with Gasteiger partial charge in [0.2, 0.25) is 0 Å². The maximum atomic E-state index is 9.03. The summed E-state index contributed by atoms with van der Waals surface area (Å²) in [5, 5.41) is 12.6. The Kier molecular flexibility index (Phi) is 3.62. The summed E-state index contributed by atoms with van der Waals surface area (Å²) in [7, 11) is 0. The Balaban J connectivity index is 2.04. The average molecular weight is 219 g/mol. The monoisotopic (exact) mass is 219 g/mol. The number of nitrogens with one attached hydrogen (secondary N) is 1. The van der Waals surface area contributed by atoms with Gasteiger partial charge in [0, 0.05) is 19.2 Å². The number of benzene rings is 1. The lowest BCUT2D eigenvalue weighted by atomic mass is 10.0. The van der Waals surface area contributed by atoms with Crippen molar-refractivity contribution in [3.8, 4) is 0 Å². The van der Waals surface area contributed by atoms with E-state index < -0.39 is 0 Å². The van der Waals surface area contributed by atoms with Crippen LogP contribution in [0.4, 0.5) is 0 Å². The van der Waals surface area contributed by atoms with Crippen molar-refractivity contribution < 1.29 is 5.11 Å². The first-order valence-electron chi connectivity index (χ1n) is 6.14. The van der Waals surface area contributed by atoms with E-state index >= 15 is 0 Å². The van der Waals surface area contributed by atoms with Gasteiger partial charge < -0.3 is 10.4 Å². The lowest BCUT2D eigenvalue weighted by Crippen LogP contribution is -2.29. The molecule has 3 atom stereocenters. The van der Waals surface area contributed by atoms with E-state index in [-0.39, 0.29) is 6.61 Å². The molecule has 2 N–H and O–H groups in total. The quantitative estimate of drug-likeness (QED) is 0.813. The highest BCUT2D eigenvalue weighted by atomic mass is 16.3. The van der Waals surface area contributed by atoms with Crippen molar-refractivity contribution in [1.82, 2.24) is 5.32 Å². The highest BCUT2D eigenvalue weighted by Gasteiger charge is 2.28. The third kappa shape index (κ3) is 2.28. The van der Waals surface area contributed by atoms with Crippen molar-refractivity contribution in [1.29, 1.82) is 0 Å². The predicted octanol–water partition coefficient (Wildman–Crippen LogP) is 2.14. The molecule has 0 fully saturated rings. The molecule has 0 aromatic heterocycles. The molecule has 1 aliphatic carbocycles. The minimum atomic E-state index is 0.260.